The summed E-state index contributed by atoms with van der Waals surface area (Å²) in [6.07, 6.45) is 2.16. The fourth-order valence-corrected chi connectivity index (χ4v) is 6.60. The van der Waals surface area contributed by atoms with Gasteiger partial charge < -0.3 is 46.1 Å². The van der Waals surface area contributed by atoms with E-state index < -0.39 is 96.4 Å². The fourth-order valence-electron chi connectivity index (χ4n) is 6.60. The molecule has 1 heterocycles. The van der Waals surface area contributed by atoms with Crippen molar-refractivity contribution in [3.05, 3.63) is 53.1 Å². The predicted molar refractivity (Wildman–Crippen MR) is 227 cm³/mol. The zero-order valence-corrected chi connectivity index (χ0v) is 37.4. The van der Waals surface area contributed by atoms with Gasteiger partial charge in [0.2, 0.25) is 23.6 Å². The molecule has 6 N–H and O–H groups in total. The smallest absolute Gasteiger partial charge is 0.334 e. The van der Waals surface area contributed by atoms with Crippen LogP contribution in [0.25, 0.3) is 0 Å². The molecule has 0 spiro atoms. The zero-order valence-electron chi connectivity index (χ0n) is 37.4. The van der Waals surface area contributed by atoms with Crippen molar-refractivity contribution in [2.45, 2.75) is 137 Å². The van der Waals surface area contributed by atoms with Gasteiger partial charge in [-0.05, 0) is 82.6 Å². The van der Waals surface area contributed by atoms with Gasteiger partial charge in [-0.2, -0.15) is 0 Å². The summed E-state index contributed by atoms with van der Waals surface area (Å²) in [7, 11) is 2.79. The van der Waals surface area contributed by atoms with E-state index in [4.69, 9.17) is 15.2 Å². The van der Waals surface area contributed by atoms with Gasteiger partial charge in [0.25, 0.3) is 5.91 Å². The molecule has 0 bridgehead atoms. The molecule has 1 aromatic rings. The van der Waals surface area contributed by atoms with Crippen molar-refractivity contribution in [1.29, 1.82) is 0 Å². The van der Waals surface area contributed by atoms with Crippen LogP contribution in [-0.4, -0.2) is 119 Å². The van der Waals surface area contributed by atoms with Crippen LogP contribution in [0.4, 0.5) is 0 Å². The van der Waals surface area contributed by atoms with E-state index in [-0.39, 0.29) is 42.4 Å². The van der Waals surface area contributed by atoms with E-state index in [2.05, 4.69) is 16.0 Å². The molecule has 60 heavy (non-hydrogen) atoms. The molecule has 0 fully saturated rings. The quantitative estimate of drug-likeness (QED) is 0.198. The SMILES string of the molecule is C/C=C(\C)[C@H]1OC(=O)[C@@H](C)NC(=O)C(C(C)CC)NC(=O)CN(C)C(=O)[C@@H](Cc2ccc(O)cc2)N(C)C(=O)[C@H](C)NC(=O)[C@@H](CC(C)C)OC(=O)/C(C)=C/C[C@H](N)[C@@H]1C. The van der Waals surface area contributed by atoms with Gasteiger partial charge in [0.1, 0.15) is 36.0 Å². The van der Waals surface area contributed by atoms with Crippen molar-refractivity contribution in [3.8, 4) is 5.75 Å². The van der Waals surface area contributed by atoms with Crippen molar-refractivity contribution in [2.24, 2.45) is 23.5 Å². The molecule has 16 nitrogen and oxygen atoms in total. The number of hydrogen-bond acceptors (Lipinski definition) is 11. The van der Waals surface area contributed by atoms with Crippen LogP contribution in [0.3, 0.4) is 0 Å². The Kier molecular flexibility index (Phi) is 19.9. The van der Waals surface area contributed by atoms with Crippen LogP contribution in [0.15, 0.2) is 47.6 Å². The average Bonchev–Trinajstić information content (AvgIpc) is 3.20. The molecule has 5 amide bonds. The lowest BCUT2D eigenvalue weighted by atomic mass is 9.89. The van der Waals surface area contributed by atoms with Crippen LogP contribution in [0, 0.1) is 17.8 Å². The third-order valence-corrected chi connectivity index (χ3v) is 11.0. The number of likely N-dealkylation sites (N-methyl/N-ethyl adjacent to an activating group) is 2. The van der Waals surface area contributed by atoms with Gasteiger partial charge in [-0.25, -0.2) is 9.59 Å². The van der Waals surface area contributed by atoms with Gasteiger partial charge in [-0.3, -0.25) is 24.0 Å². The van der Waals surface area contributed by atoms with Gasteiger partial charge in [0.15, 0.2) is 6.10 Å². The zero-order chi connectivity index (χ0) is 45.6. The molecule has 1 aromatic carbocycles. The Bertz CT molecular complexity index is 1740. The number of phenols is 1. The number of hydrogen-bond donors (Lipinski definition) is 5. The molecule has 0 aromatic heterocycles. The molecule has 16 heteroatoms. The Balaban J connectivity index is 2.63. The lowest BCUT2D eigenvalue weighted by molar-refractivity contribution is -0.154. The standard InChI is InChI=1S/C44H68N6O10/c1-13-25(5)37-40(54)47-30(10)44(58)60-38(26(6)14-2)28(8)33(45)20-15-27(7)43(57)59-35(21-24(3)4)39(53)46-29(9)41(55)50(12)34(22-31-16-18-32(51)19-17-31)42(56)49(11)23-36(52)48-37/h14-19,24-25,28-30,33-35,37-38,51H,13,20-23,45H2,1-12H3,(H,46,53)(H,47,54)(H,48,52)/b26-14+,27-15+/t25?,28-,29-,30+,33-,34+,35+,37?,38+/m0/s1. The number of carbonyl (C=O) groups is 7. The Hall–Kier alpha value is -5.25. The Morgan fingerprint density at radius 2 is 1.52 bits per heavy atom. The van der Waals surface area contributed by atoms with E-state index in [1.165, 1.54) is 51.9 Å². The molecule has 334 valence electrons. The summed E-state index contributed by atoms with van der Waals surface area (Å²) in [6.45, 7) is 16.7. The predicted octanol–water partition coefficient (Wildman–Crippen LogP) is 2.91. The lowest BCUT2D eigenvalue weighted by Gasteiger charge is -2.33. The van der Waals surface area contributed by atoms with E-state index in [0.29, 0.717) is 17.6 Å². The number of rotatable bonds is 7. The maximum Gasteiger partial charge on any atom is 0.334 e. The summed E-state index contributed by atoms with van der Waals surface area (Å²) in [5.74, 6) is -5.65. The maximum atomic E-state index is 14.2. The van der Waals surface area contributed by atoms with Crippen LogP contribution in [0.1, 0.15) is 94.1 Å². The molecule has 0 saturated heterocycles. The fraction of sp³-hybridized carbons (Fsp3) is 0.614. The highest BCUT2D eigenvalue weighted by molar-refractivity contribution is 5.96. The summed E-state index contributed by atoms with van der Waals surface area (Å²) in [6, 6.07) is 0.912. The first kappa shape index (κ1) is 50.9. The van der Waals surface area contributed by atoms with Gasteiger partial charge in [0.05, 0.1) is 6.54 Å². The third kappa shape index (κ3) is 14.8. The number of ether oxygens (including phenoxy) is 2. The first-order valence-corrected chi connectivity index (χ1v) is 20.7. The number of aromatic hydroxyl groups is 1. The van der Waals surface area contributed by atoms with E-state index in [0.717, 1.165) is 4.90 Å². The monoisotopic (exact) mass is 840 g/mol. The number of nitrogens with two attached hydrogens (primary N) is 1. The third-order valence-electron chi connectivity index (χ3n) is 11.0. The van der Waals surface area contributed by atoms with Crippen LogP contribution in [-0.2, 0) is 49.5 Å². The molecule has 1 aliphatic heterocycles. The van der Waals surface area contributed by atoms with Crippen LogP contribution < -0.4 is 21.7 Å². The molecule has 2 rings (SSSR count). The minimum absolute atomic E-state index is 0.000893. The maximum absolute atomic E-state index is 14.2. The van der Waals surface area contributed by atoms with Gasteiger partial charge in [0, 0.05) is 38.0 Å². The van der Waals surface area contributed by atoms with Gasteiger partial charge in [-0.1, -0.05) is 65.3 Å². The van der Waals surface area contributed by atoms with Crippen LogP contribution in [0.2, 0.25) is 0 Å². The van der Waals surface area contributed by atoms with E-state index in [9.17, 15) is 38.7 Å². The first-order chi connectivity index (χ1) is 28.0. The number of nitrogens with zero attached hydrogens (tertiary/aromatic N) is 2. The topological polar surface area (TPSA) is 227 Å². The molecule has 0 radical (unpaired) electrons. The summed E-state index contributed by atoms with van der Waals surface area (Å²) in [4.78, 5) is 98.1. The normalized spacial score (nSPS) is 28.5. The number of nitrogens with one attached hydrogen (secondary N) is 3. The Morgan fingerprint density at radius 1 is 0.917 bits per heavy atom. The Labute approximate surface area is 355 Å². The minimum atomic E-state index is -1.26. The highest BCUT2D eigenvalue weighted by Gasteiger charge is 2.36. The Morgan fingerprint density at radius 3 is 2.08 bits per heavy atom. The number of benzene rings is 1. The summed E-state index contributed by atoms with van der Waals surface area (Å²) in [5, 5.41) is 17.9. The minimum Gasteiger partial charge on any atom is -0.508 e. The van der Waals surface area contributed by atoms with Crippen LogP contribution in [0.5, 0.6) is 5.75 Å². The number of phenolic OH excluding ortho intramolecular Hbond substituents is 1. The summed E-state index contributed by atoms with van der Waals surface area (Å²) >= 11 is 0. The summed E-state index contributed by atoms with van der Waals surface area (Å²) in [5.41, 5.74) is 8.10. The molecular formula is C44H68N6O10. The lowest BCUT2D eigenvalue weighted by Crippen LogP contribution is -2.57. The summed E-state index contributed by atoms with van der Waals surface area (Å²) < 4.78 is 11.6. The first-order valence-electron chi connectivity index (χ1n) is 20.7. The second-order valence-electron chi connectivity index (χ2n) is 16.5. The highest BCUT2D eigenvalue weighted by atomic mass is 16.6. The molecule has 9 atom stereocenters. The average molecular weight is 841 g/mol. The van der Waals surface area contributed by atoms with Gasteiger partial charge in [-0.15, -0.1) is 0 Å². The largest absolute Gasteiger partial charge is 0.508 e. The molecule has 0 aliphatic carbocycles. The second kappa shape index (κ2) is 23.5. The van der Waals surface area contributed by atoms with Crippen molar-refractivity contribution in [3.63, 3.8) is 0 Å². The van der Waals surface area contributed by atoms with Gasteiger partial charge >= 0.3 is 11.9 Å². The van der Waals surface area contributed by atoms with Crippen molar-refractivity contribution in [1.82, 2.24) is 25.8 Å². The molecule has 1 aliphatic rings. The van der Waals surface area contributed by atoms with E-state index in [1.807, 2.05) is 27.7 Å². The number of amides is 5. The van der Waals surface area contributed by atoms with Crippen molar-refractivity contribution < 1.29 is 48.1 Å². The van der Waals surface area contributed by atoms with Crippen molar-refractivity contribution >= 4 is 41.5 Å². The number of esters is 2. The van der Waals surface area contributed by atoms with E-state index in [1.54, 1.807) is 45.1 Å². The molecule has 0 saturated carbocycles. The van der Waals surface area contributed by atoms with Crippen molar-refractivity contribution in [2.75, 3.05) is 20.6 Å². The molecular weight excluding hydrogens is 773 g/mol. The molecule has 2 unspecified atom stereocenters. The number of cyclic esters (lactones) is 2. The number of allylic oxidation sites excluding steroid dienone is 1. The van der Waals surface area contributed by atoms with Crippen LogP contribution >= 0.6 is 0 Å². The highest BCUT2D eigenvalue weighted by Crippen LogP contribution is 2.23. The van der Waals surface area contributed by atoms with E-state index >= 15 is 0 Å². The second-order valence-corrected chi connectivity index (χ2v) is 16.5. The number of carbonyl (C=O) groups excluding carboxylic acids is 7.